The lowest BCUT2D eigenvalue weighted by Gasteiger charge is -2.18. The Kier molecular flexibility index (Phi) is 7.47. The topological polar surface area (TPSA) is 139 Å². The van der Waals surface area contributed by atoms with Crippen LogP contribution in [0.4, 0.5) is 0 Å². The van der Waals surface area contributed by atoms with Gasteiger partial charge in [0.15, 0.2) is 0 Å². The van der Waals surface area contributed by atoms with Gasteiger partial charge in [-0.25, -0.2) is 4.79 Å². The molecule has 10 heteroatoms. The maximum atomic E-state index is 12.8. The van der Waals surface area contributed by atoms with E-state index in [4.69, 9.17) is 13.9 Å². The number of carbonyl (C=O) groups excluding carboxylic acids is 2. The Hall–Kier alpha value is -3.27. The Morgan fingerprint density at radius 2 is 1.85 bits per heavy atom. The lowest BCUT2D eigenvalue weighted by atomic mass is 9.99. The van der Waals surface area contributed by atoms with Crippen LogP contribution in [0, 0.1) is 20.8 Å². The van der Waals surface area contributed by atoms with Gasteiger partial charge in [0.05, 0.1) is 18.2 Å². The van der Waals surface area contributed by atoms with Gasteiger partial charge >= 0.3 is 11.6 Å². The number of rotatable bonds is 9. The van der Waals surface area contributed by atoms with E-state index in [1.165, 1.54) is 11.8 Å². The smallest absolute Gasteiger partial charge is 0.340 e. The van der Waals surface area contributed by atoms with E-state index in [9.17, 15) is 19.2 Å². The van der Waals surface area contributed by atoms with Gasteiger partial charge in [0.2, 0.25) is 11.8 Å². The summed E-state index contributed by atoms with van der Waals surface area (Å²) in [5.41, 5.74) is 2.92. The Bertz CT molecular complexity index is 1290. The van der Waals surface area contributed by atoms with Crippen molar-refractivity contribution in [2.24, 2.45) is 0 Å². The second-order valence-corrected chi connectivity index (χ2v) is 8.84. The molecule has 2 amide bonds. The number of amides is 2. The molecule has 0 fully saturated rings. The van der Waals surface area contributed by atoms with Crippen molar-refractivity contribution in [3.63, 3.8) is 0 Å². The molecule has 0 bridgehead atoms. The Labute approximate surface area is 193 Å². The molecular weight excluding hydrogens is 448 g/mol. The molecule has 0 radical (unpaired) electrons. The molecule has 3 rings (SSSR count). The van der Waals surface area contributed by atoms with Gasteiger partial charge in [-0.2, -0.15) is 11.8 Å². The summed E-state index contributed by atoms with van der Waals surface area (Å²) in [5, 5.41) is 15.3. The van der Waals surface area contributed by atoms with Crippen LogP contribution in [0.15, 0.2) is 26.0 Å². The summed E-state index contributed by atoms with van der Waals surface area (Å²) in [4.78, 5) is 48.5. The first-order chi connectivity index (χ1) is 15.6. The third kappa shape index (κ3) is 5.22. The molecule has 0 aliphatic heterocycles. The maximum Gasteiger partial charge on any atom is 0.340 e. The van der Waals surface area contributed by atoms with E-state index in [0.717, 1.165) is 10.9 Å². The molecule has 176 valence electrons. The summed E-state index contributed by atoms with van der Waals surface area (Å²) in [6, 6.07) is 0.976. The highest BCUT2D eigenvalue weighted by Crippen LogP contribution is 2.32. The molecule has 9 nitrogen and oxygen atoms in total. The fourth-order valence-corrected chi connectivity index (χ4v) is 4.19. The number of nitrogens with one attached hydrogen (secondary N) is 2. The standard InChI is InChI=1S/C23H26N2O7S/c1-11-10-31-20-13(3)21-15(7-14(11)20)12(2)16(23(30)32-21)8-18(26)25-17(5-6-33-4)22(29)24-9-19(27)28/h7,10,17H,5-6,8-9H2,1-4H3,(H,24,29)(H,25,26)(H,27,28). The number of carbonyl (C=O) groups is 3. The molecule has 0 aliphatic carbocycles. The molecule has 2 heterocycles. The average molecular weight is 475 g/mol. The van der Waals surface area contributed by atoms with Crippen LogP contribution in [0.3, 0.4) is 0 Å². The average Bonchev–Trinajstić information content (AvgIpc) is 3.14. The van der Waals surface area contributed by atoms with Crippen molar-refractivity contribution in [2.45, 2.75) is 39.7 Å². The van der Waals surface area contributed by atoms with Crippen LogP contribution in [0.2, 0.25) is 0 Å². The number of thioether (sulfide) groups is 1. The highest BCUT2D eigenvalue weighted by atomic mass is 32.2. The number of carboxylic acids is 1. The first-order valence-corrected chi connectivity index (χ1v) is 11.7. The quantitative estimate of drug-likeness (QED) is 0.402. The summed E-state index contributed by atoms with van der Waals surface area (Å²) in [6.45, 7) is 4.95. The summed E-state index contributed by atoms with van der Waals surface area (Å²) < 4.78 is 11.2. The Balaban J connectivity index is 1.89. The van der Waals surface area contributed by atoms with E-state index < -0.39 is 36.0 Å². The van der Waals surface area contributed by atoms with Crippen molar-refractivity contribution in [1.29, 1.82) is 0 Å². The number of aryl methyl sites for hydroxylation is 3. The number of benzene rings is 1. The SMILES string of the molecule is CSCCC(NC(=O)Cc1c(C)c2cc3c(C)coc3c(C)c2oc1=O)C(=O)NCC(=O)O. The highest BCUT2D eigenvalue weighted by molar-refractivity contribution is 7.98. The molecule has 1 atom stereocenters. The molecule has 33 heavy (non-hydrogen) atoms. The number of hydrogen-bond acceptors (Lipinski definition) is 7. The van der Waals surface area contributed by atoms with Crippen molar-refractivity contribution >= 4 is 51.5 Å². The van der Waals surface area contributed by atoms with Gasteiger partial charge in [0.1, 0.15) is 23.8 Å². The summed E-state index contributed by atoms with van der Waals surface area (Å²) in [6.07, 6.45) is 3.55. The van der Waals surface area contributed by atoms with Crippen LogP contribution >= 0.6 is 11.8 Å². The van der Waals surface area contributed by atoms with Crippen LogP contribution in [0.5, 0.6) is 0 Å². The minimum Gasteiger partial charge on any atom is -0.480 e. The maximum absolute atomic E-state index is 12.8. The van der Waals surface area contributed by atoms with Gasteiger partial charge in [-0.3, -0.25) is 14.4 Å². The van der Waals surface area contributed by atoms with E-state index in [0.29, 0.717) is 39.9 Å². The zero-order valence-corrected chi connectivity index (χ0v) is 19.7. The Morgan fingerprint density at radius 3 is 2.52 bits per heavy atom. The van der Waals surface area contributed by atoms with Crippen LogP contribution < -0.4 is 16.3 Å². The van der Waals surface area contributed by atoms with E-state index in [2.05, 4.69) is 10.6 Å². The van der Waals surface area contributed by atoms with Crippen LogP contribution in [0.25, 0.3) is 21.9 Å². The van der Waals surface area contributed by atoms with Gasteiger partial charge in [0, 0.05) is 16.3 Å². The predicted octanol–water partition coefficient (Wildman–Crippen LogP) is 2.45. The van der Waals surface area contributed by atoms with Crippen LogP contribution in [-0.4, -0.2) is 47.5 Å². The zero-order chi connectivity index (χ0) is 24.3. The van der Waals surface area contributed by atoms with Crippen molar-refractivity contribution in [3.05, 3.63) is 45.0 Å². The monoisotopic (exact) mass is 474 g/mol. The third-order valence-electron chi connectivity index (χ3n) is 5.55. The molecule has 1 aromatic carbocycles. The predicted molar refractivity (Wildman–Crippen MR) is 126 cm³/mol. The van der Waals surface area contributed by atoms with Crippen LogP contribution in [0.1, 0.15) is 28.7 Å². The summed E-state index contributed by atoms with van der Waals surface area (Å²) in [7, 11) is 0. The third-order valence-corrected chi connectivity index (χ3v) is 6.19. The first-order valence-electron chi connectivity index (χ1n) is 10.4. The lowest BCUT2D eigenvalue weighted by molar-refractivity contribution is -0.138. The van der Waals surface area contributed by atoms with Gasteiger partial charge in [-0.15, -0.1) is 0 Å². The molecule has 0 saturated heterocycles. The minimum absolute atomic E-state index is 0.203. The summed E-state index contributed by atoms with van der Waals surface area (Å²) >= 11 is 1.49. The highest BCUT2D eigenvalue weighted by Gasteiger charge is 2.23. The van der Waals surface area contributed by atoms with Gasteiger partial charge in [-0.1, -0.05) is 0 Å². The van der Waals surface area contributed by atoms with Crippen molar-refractivity contribution < 1.29 is 28.3 Å². The van der Waals surface area contributed by atoms with E-state index in [1.807, 2.05) is 26.2 Å². The second-order valence-electron chi connectivity index (χ2n) is 7.86. The largest absolute Gasteiger partial charge is 0.480 e. The minimum atomic E-state index is -1.18. The van der Waals surface area contributed by atoms with Gasteiger partial charge in [0.25, 0.3) is 0 Å². The van der Waals surface area contributed by atoms with E-state index in [-0.39, 0.29) is 12.0 Å². The number of fused-ring (bicyclic) bond motifs is 2. The molecule has 0 aliphatic rings. The molecule has 0 spiro atoms. The fraction of sp³-hybridized carbons (Fsp3) is 0.391. The number of aliphatic carboxylic acids is 1. The zero-order valence-electron chi connectivity index (χ0n) is 18.9. The van der Waals surface area contributed by atoms with Gasteiger partial charge in [-0.05, 0) is 56.4 Å². The lowest BCUT2D eigenvalue weighted by Crippen LogP contribution is -2.48. The normalized spacial score (nSPS) is 12.1. The Morgan fingerprint density at radius 1 is 1.12 bits per heavy atom. The van der Waals surface area contributed by atoms with Crippen molar-refractivity contribution in [2.75, 3.05) is 18.6 Å². The van der Waals surface area contributed by atoms with Gasteiger partial charge < -0.3 is 24.6 Å². The molecule has 3 aromatic rings. The number of furan rings is 1. The van der Waals surface area contributed by atoms with Crippen LogP contribution in [-0.2, 0) is 20.8 Å². The fourth-order valence-electron chi connectivity index (χ4n) is 3.72. The molecule has 3 N–H and O–H groups in total. The molecule has 0 saturated carbocycles. The molecule has 1 unspecified atom stereocenters. The number of carboxylic acid groups (broad SMARTS) is 1. The number of hydrogen-bond donors (Lipinski definition) is 3. The summed E-state index contributed by atoms with van der Waals surface area (Å²) in [5.74, 6) is -1.71. The second kappa shape index (κ2) is 10.1. The molecular formula is C23H26N2O7S. The van der Waals surface area contributed by atoms with Crippen molar-refractivity contribution in [1.82, 2.24) is 10.6 Å². The van der Waals surface area contributed by atoms with E-state index >= 15 is 0 Å². The van der Waals surface area contributed by atoms with Crippen molar-refractivity contribution in [3.8, 4) is 0 Å². The first kappa shape index (κ1) is 24.4. The van der Waals surface area contributed by atoms with E-state index in [1.54, 1.807) is 13.2 Å². The molecule has 2 aromatic heterocycles.